The number of amides is 1. The first-order valence-electron chi connectivity index (χ1n) is 11.6. The smallest absolute Gasteiger partial charge is 0.253 e. The first kappa shape index (κ1) is 23.3. The van der Waals surface area contributed by atoms with Crippen molar-refractivity contribution in [3.63, 3.8) is 0 Å². The van der Waals surface area contributed by atoms with E-state index in [1.807, 2.05) is 71.3 Å². The van der Waals surface area contributed by atoms with E-state index in [-0.39, 0.29) is 5.91 Å². The minimum atomic E-state index is -0.754. The summed E-state index contributed by atoms with van der Waals surface area (Å²) in [6, 6.07) is 21.4. The summed E-state index contributed by atoms with van der Waals surface area (Å²) < 4.78 is 3.41. The lowest BCUT2D eigenvalue weighted by Gasteiger charge is -2.37. The van der Waals surface area contributed by atoms with Crippen LogP contribution in [-0.2, 0) is 0 Å². The van der Waals surface area contributed by atoms with Gasteiger partial charge in [0.1, 0.15) is 0 Å². The standard InChI is InChI=1S/C27H27N5O2S/c1-19-18-21(10-11-22(19)30-35-24-9-4-6-20-7-5-13-29-25(20)24)26(33)31-14-16-32(17-15-31)27(34)23-8-2-3-12-28-23/h2-13,18,27,30,34H,14-17H2,1H3. The highest BCUT2D eigenvalue weighted by molar-refractivity contribution is 8.00. The van der Waals surface area contributed by atoms with Crippen LogP contribution in [0.1, 0.15) is 27.8 Å². The summed E-state index contributed by atoms with van der Waals surface area (Å²) in [4.78, 5) is 26.7. The fourth-order valence-electron chi connectivity index (χ4n) is 4.25. The van der Waals surface area contributed by atoms with Crippen LogP contribution < -0.4 is 4.72 Å². The molecule has 2 N–H and O–H groups in total. The molecule has 1 atom stereocenters. The molecule has 178 valence electrons. The highest BCUT2D eigenvalue weighted by atomic mass is 32.2. The minimum Gasteiger partial charge on any atom is -0.372 e. The van der Waals surface area contributed by atoms with Crippen LogP contribution >= 0.6 is 11.9 Å². The van der Waals surface area contributed by atoms with Crippen LogP contribution in [-0.4, -0.2) is 57.0 Å². The molecule has 2 aromatic carbocycles. The molecule has 0 radical (unpaired) electrons. The zero-order chi connectivity index (χ0) is 24.2. The molecule has 1 aliphatic rings. The van der Waals surface area contributed by atoms with E-state index in [1.165, 1.54) is 11.9 Å². The molecule has 4 aromatic rings. The summed E-state index contributed by atoms with van der Waals surface area (Å²) in [6.07, 6.45) is 2.73. The molecule has 1 unspecified atom stereocenters. The Morgan fingerprint density at radius 2 is 1.77 bits per heavy atom. The number of carbonyl (C=O) groups excluding carboxylic acids is 1. The fourth-order valence-corrected chi connectivity index (χ4v) is 5.11. The second-order valence-electron chi connectivity index (χ2n) is 8.52. The number of nitrogens with zero attached hydrogens (tertiary/aromatic N) is 4. The first-order chi connectivity index (χ1) is 17.1. The van der Waals surface area contributed by atoms with Crippen LogP contribution in [0.2, 0.25) is 0 Å². The van der Waals surface area contributed by atoms with Gasteiger partial charge in [-0.25, -0.2) is 0 Å². The summed E-state index contributed by atoms with van der Waals surface area (Å²) in [6.45, 7) is 4.31. The van der Waals surface area contributed by atoms with Gasteiger partial charge in [-0.05, 0) is 66.9 Å². The van der Waals surface area contributed by atoms with Crippen LogP contribution in [0.4, 0.5) is 5.69 Å². The maximum atomic E-state index is 13.1. The number of rotatable bonds is 6. The highest BCUT2D eigenvalue weighted by Gasteiger charge is 2.27. The molecule has 1 aliphatic heterocycles. The predicted molar refractivity (Wildman–Crippen MR) is 139 cm³/mol. The molecule has 0 bridgehead atoms. The van der Waals surface area contributed by atoms with Gasteiger partial charge in [0.2, 0.25) is 0 Å². The Labute approximate surface area is 208 Å². The molecule has 0 aliphatic carbocycles. The van der Waals surface area contributed by atoms with Crippen molar-refractivity contribution >= 4 is 34.4 Å². The number of aliphatic hydroxyl groups is 1. The lowest BCUT2D eigenvalue weighted by atomic mass is 10.1. The van der Waals surface area contributed by atoms with Gasteiger partial charge in [-0.2, -0.15) is 0 Å². The first-order valence-corrected chi connectivity index (χ1v) is 12.4. The van der Waals surface area contributed by atoms with Crippen molar-refractivity contribution in [1.82, 2.24) is 19.8 Å². The van der Waals surface area contributed by atoms with E-state index in [4.69, 9.17) is 0 Å². The number of benzene rings is 2. The summed E-state index contributed by atoms with van der Waals surface area (Å²) in [7, 11) is 0. The number of aliphatic hydroxyl groups excluding tert-OH is 1. The van der Waals surface area contributed by atoms with Crippen molar-refractivity contribution in [1.29, 1.82) is 0 Å². The Bertz CT molecular complexity index is 1320. The monoisotopic (exact) mass is 485 g/mol. The molecule has 1 fully saturated rings. The van der Waals surface area contributed by atoms with E-state index in [1.54, 1.807) is 12.4 Å². The van der Waals surface area contributed by atoms with Crippen LogP contribution in [0.3, 0.4) is 0 Å². The number of hydrogen-bond donors (Lipinski definition) is 2. The van der Waals surface area contributed by atoms with Crippen LogP contribution in [0.25, 0.3) is 10.9 Å². The van der Waals surface area contributed by atoms with Gasteiger partial charge in [0.05, 0.1) is 16.1 Å². The molecular weight excluding hydrogens is 458 g/mol. The maximum absolute atomic E-state index is 13.1. The largest absolute Gasteiger partial charge is 0.372 e. The van der Waals surface area contributed by atoms with Gasteiger partial charge in [0.15, 0.2) is 6.23 Å². The lowest BCUT2D eigenvalue weighted by molar-refractivity contribution is -0.0266. The Kier molecular flexibility index (Phi) is 6.94. The lowest BCUT2D eigenvalue weighted by Crippen LogP contribution is -2.49. The topological polar surface area (TPSA) is 81.6 Å². The third-order valence-corrected chi connectivity index (χ3v) is 7.11. The minimum absolute atomic E-state index is 0.0116. The van der Waals surface area contributed by atoms with Gasteiger partial charge < -0.3 is 14.7 Å². The predicted octanol–water partition coefficient (Wildman–Crippen LogP) is 4.51. The molecular formula is C27H27N5O2S. The molecule has 8 heteroatoms. The number of fused-ring (bicyclic) bond motifs is 1. The van der Waals surface area contributed by atoms with Gasteiger partial charge in [-0.1, -0.05) is 24.3 Å². The van der Waals surface area contributed by atoms with E-state index in [9.17, 15) is 9.90 Å². The van der Waals surface area contributed by atoms with E-state index in [2.05, 4.69) is 26.8 Å². The van der Waals surface area contributed by atoms with Crippen molar-refractivity contribution in [3.8, 4) is 0 Å². The maximum Gasteiger partial charge on any atom is 0.253 e. The highest BCUT2D eigenvalue weighted by Crippen LogP contribution is 2.29. The summed E-state index contributed by atoms with van der Waals surface area (Å²) in [5, 5.41) is 11.7. The van der Waals surface area contributed by atoms with Gasteiger partial charge in [-0.15, -0.1) is 0 Å². The van der Waals surface area contributed by atoms with Crippen LogP contribution in [0.5, 0.6) is 0 Å². The third-order valence-electron chi connectivity index (χ3n) is 6.24. The summed E-state index contributed by atoms with van der Waals surface area (Å²) >= 11 is 1.52. The van der Waals surface area contributed by atoms with Crippen molar-refractivity contribution in [3.05, 3.63) is 95.9 Å². The fraction of sp³-hybridized carbons (Fsp3) is 0.222. The average Bonchev–Trinajstić information content (AvgIpc) is 2.92. The second kappa shape index (κ2) is 10.4. The molecule has 5 rings (SSSR count). The second-order valence-corrected chi connectivity index (χ2v) is 9.37. The van der Waals surface area contributed by atoms with Crippen LogP contribution in [0.15, 0.2) is 84.0 Å². The number of anilines is 1. The Balaban J connectivity index is 1.20. The molecule has 0 spiro atoms. The quantitative estimate of drug-likeness (QED) is 0.389. The molecule has 3 heterocycles. The summed E-state index contributed by atoms with van der Waals surface area (Å²) in [5.41, 5.74) is 4.22. The number of hydrogen-bond acceptors (Lipinski definition) is 7. The number of pyridine rings is 2. The zero-order valence-corrected chi connectivity index (χ0v) is 20.3. The Hall–Kier alpha value is -3.46. The molecule has 2 aromatic heterocycles. The molecule has 0 saturated carbocycles. The number of aryl methyl sites for hydroxylation is 1. The normalized spacial score (nSPS) is 15.2. The van der Waals surface area contributed by atoms with E-state index < -0.39 is 6.23 Å². The van der Waals surface area contributed by atoms with Crippen molar-refractivity contribution in [2.24, 2.45) is 0 Å². The summed E-state index contributed by atoms with van der Waals surface area (Å²) in [5.74, 6) is 0.0116. The number of piperazine rings is 1. The van der Waals surface area contributed by atoms with Crippen molar-refractivity contribution < 1.29 is 9.90 Å². The Morgan fingerprint density at radius 1 is 0.971 bits per heavy atom. The van der Waals surface area contributed by atoms with Crippen molar-refractivity contribution in [2.45, 2.75) is 18.0 Å². The number of aromatic nitrogens is 2. The zero-order valence-electron chi connectivity index (χ0n) is 19.5. The SMILES string of the molecule is Cc1cc(C(=O)N2CCN(C(O)c3ccccn3)CC2)ccc1NSc1cccc2cccnc12. The Morgan fingerprint density at radius 3 is 2.54 bits per heavy atom. The van der Waals surface area contributed by atoms with Gasteiger partial charge in [0.25, 0.3) is 5.91 Å². The van der Waals surface area contributed by atoms with E-state index in [0.717, 1.165) is 27.0 Å². The van der Waals surface area contributed by atoms with E-state index >= 15 is 0 Å². The number of carbonyl (C=O) groups is 1. The molecule has 1 saturated heterocycles. The number of para-hydroxylation sites is 1. The number of nitrogens with one attached hydrogen (secondary N) is 1. The molecule has 35 heavy (non-hydrogen) atoms. The van der Waals surface area contributed by atoms with E-state index in [0.29, 0.717) is 37.4 Å². The molecule has 1 amide bonds. The van der Waals surface area contributed by atoms with Gasteiger partial charge in [-0.3, -0.25) is 19.7 Å². The average molecular weight is 486 g/mol. The third kappa shape index (κ3) is 5.14. The van der Waals surface area contributed by atoms with Gasteiger partial charge in [0, 0.05) is 55.2 Å². The molecule has 7 nitrogen and oxygen atoms in total. The van der Waals surface area contributed by atoms with Crippen LogP contribution in [0, 0.1) is 6.92 Å². The van der Waals surface area contributed by atoms with Crippen molar-refractivity contribution in [2.75, 3.05) is 30.9 Å². The van der Waals surface area contributed by atoms with Gasteiger partial charge >= 0.3 is 0 Å².